The number of phosphoric ester groups is 1. The van der Waals surface area contributed by atoms with Crippen LogP contribution in [0.5, 0.6) is 0 Å². The summed E-state index contributed by atoms with van der Waals surface area (Å²) in [5.74, 6) is -0.145. The van der Waals surface area contributed by atoms with Crippen LogP contribution in [-0.4, -0.2) is 73.4 Å². The zero-order valence-corrected chi connectivity index (χ0v) is 59.3. The van der Waals surface area contributed by atoms with E-state index in [2.05, 4.69) is 129 Å². The van der Waals surface area contributed by atoms with E-state index < -0.39 is 20.0 Å². The molecule has 0 aromatic rings. The van der Waals surface area contributed by atoms with Crippen LogP contribution >= 0.6 is 7.82 Å². The Hall–Kier alpha value is -2.84. The van der Waals surface area contributed by atoms with E-state index in [4.69, 9.17) is 9.05 Å². The number of carbonyl (C=O) groups excluding carboxylic acids is 1. The molecule has 9 heteroatoms. The van der Waals surface area contributed by atoms with Gasteiger partial charge in [-0.3, -0.25) is 13.8 Å². The lowest BCUT2D eigenvalue weighted by atomic mass is 10.0. The van der Waals surface area contributed by atoms with Crippen molar-refractivity contribution in [3.05, 3.63) is 109 Å². The summed E-state index contributed by atoms with van der Waals surface area (Å²) in [6.45, 7) is 4.81. The summed E-state index contributed by atoms with van der Waals surface area (Å²) in [4.78, 5) is 23.5. The van der Waals surface area contributed by atoms with Crippen molar-refractivity contribution in [2.75, 3.05) is 40.9 Å². The Bertz CT molecular complexity index is 1810. The third-order valence-electron chi connectivity index (χ3n) is 16.5. The molecule has 0 aliphatic carbocycles. The third kappa shape index (κ3) is 70.6. The molecular weight excluding hydrogens is 1100 g/mol. The second-order valence-electron chi connectivity index (χ2n) is 26.3. The minimum Gasteiger partial charge on any atom is -0.391 e. The highest BCUT2D eigenvalue weighted by Crippen LogP contribution is 2.43. The first-order chi connectivity index (χ1) is 43.0. The van der Waals surface area contributed by atoms with E-state index in [9.17, 15) is 19.4 Å². The molecule has 1 amide bonds. The van der Waals surface area contributed by atoms with Gasteiger partial charge in [-0.15, -0.1) is 0 Å². The number of hydrogen-bond acceptors (Lipinski definition) is 5. The van der Waals surface area contributed by atoms with Gasteiger partial charge in [-0.1, -0.05) is 354 Å². The summed E-state index contributed by atoms with van der Waals surface area (Å²) in [5, 5.41) is 14.2. The van der Waals surface area contributed by atoms with Crippen LogP contribution in [-0.2, 0) is 18.4 Å². The number of quaternary nitrogens is 1. The lowest BCUT2D eigenvalue weighted by Crippen LogP contribution is -2.46. The fourth-order valence-corrected chi connectivity index (χ4v) is 11.5. The molecule has 3 unspecified atom stereocenters. The molecule has 510 valence electrons. The van der Waals surface area contributed by atoms with Crippen molar-refractivity contribution >= 4 is 13.7 Å². The van der Waals surface area contributed by atoms with Crippen LogP contribution in [0.25, 0.3) is 0 Å². The number of aliphatic hydroxyl groups excluding tert-OH is 1. The second-order valence-corrected chi connectivity index (χ2v) is 27.8. The number of nitrogens with zero attached hydrogens (tertiary/aromatic N) is 1. The highest BCUT2D eigenvalue weighted by Gasteiger charge is 2.28. The number of unbranched alkanes of at least 4 members (excludes halogenated alkanes) is 37. The molecule has 0 aliphatic heterocycles. The highest BCUT2D eigenvalue weighted by atomic mass is 31.2. The average molecular weight is 1250 g/mol. The standard InChI is InChI=1S/C79H143N2O6P/c1-6-8-10-12-14-16-18-20-22-24-26-28-30-32-33-34-35-36-37-38-39-40-41-42-43-44-45-46-47-49-51-53-55-57-59-61-63-65-67-69-71-73-79(83)80-77(76-87-88(84,85)86-75-74-81(3,4)5)78(82)72-70-68-66-64-62-60-58-56-54-52-50-48-31-29-27-25-23-21-19-17-15-13-11-9-7-2/h8,10,14,16,20,22,26,28,32-33,35-36,38-39,41-42,44-45,77-78,82H,6-7,9,11-13,15,17-19,21,23-25,27,29-31,34,37,40,43,46-76H2,1-5H3,(H-,80,83,84,85)/p+1/b10-8-,16-14-,22-20-,28-26-,33-32-,36-35-,39-38-,42-41-,45-44-. The maximum atomic E-state index is 13.1. The normalized spacial score (nSPS) is 14.2. The lowest BCUT2D eigenvalue weighted by Gasteiger charge is -2.26. The summed E-state index contributed by atoms with van der Waals surface area (Å²) in [6, 6.07) is -0.769. The Morgan fingerprint density at radius 2 is 0.682 bits per heavy atom. The molecule has 0 aromatic carbocycles. The molecule has 0 saturated carbocycles. The van der Waals surface area contributed by atoms with Crippen molar-refractivity contribution < 1.29 is 32.9 Å². The fourth-order valence-electron chi connectivity index (χ4n) is 10.8. The molecule has 8 nitrogen and oxygen atoms in total. The van der Waals surface area contributed by atoms with E-state index in [1.165, 1.54) is 212 Å². The van der Waals surface area contributed by atoms with Gasteiger partial charge in [0.2, 0.25) is 5.91 Å². The van der Waals surface area contributed by atoms with Gasteiger partial charge in [0.25, 0.3) is 0 Å². The Balaban J connectivity index is 4.02. The van der Waals surface area contributed by atoms with Gasteiger partial charge in [-0.2, -0.15) is 0 Å². The minimum absolute atomic E-state index is 0.0718. The molecule has 0 bridgehead atoms. The van der Waals surface area contributed by atoms with Gasteiger partial charge in [0.05, 0.1) is 39.9 Å². The Morgan fingerprint density at radius 1 is 0.398 bits per heavy atom. The number of nitrogens with one attached hydrogen (secondary N) is 1. The van der Waals surface area contributed by atoms with E-state index in [1.54, 1.807) is 0 Å². The molecule has 0 rings (SSSR count). The Morgan fingerprint density at radius 3 is 1.00 bits per heavy atom. The molecule has 0 radical (unpaired) electrons. The maximum Gasteiger partial charge on any atom is 0.472 e. The number of phosphoric acid groups is 1. The van der Waals surface area contributed by atoms with Gasteiger partial charge in [-0.25, -0.2) is 4.57 Å². The molecule has 0 fully saturated rings. The lowest BCUT2D eigenvalue weighted by molar-refractivity contribution is -0.870. The van der Waals surface area contributed by atoms with Crippen molar-refractivity contribution in [1.82, 2.24) is 5.32 Å². The Kier molecular flexibility index (Phi) is 66.3. The molecule has 3 atom stereocenters. The van der Waals surface area contributed by atoms with Crippen LogP contribution in [0, 0.1) is 0 Å². The van der Waals surface area contributed by atoms with Crippen molar-refractivity contribution in [3.63, 3.8) is 0 Å². The van der Waals surface area contributed by atoms with Crippen LogP contribution in [0.2, 0.25) is 0 Å². The van der Waals surface area contributed by atoms with E-state index in [0.29, 0.717) is 23.9 Å². The first-order valence-corrected chi connectivity index (χ1v) is 38.7. The van der Waals surface area contributed by atoms with E-state index in [0.717, 1.165) is 96.3 Å². The summed E-state index contributed by atoms with van der Waals surface area (Å²) < 4.78 is 23.9. The predicted octanol–water partition coefficient (Wildman–Crippen LogP) is 24.2. The summed E-state index contributed by atoms with van der Waals surface area (Å²) in [7, 11) is 1.62. The van der Waals surface area contributed by atoms with Gasteiger partial charge in [0.15, 0.2) is 0 Å². The highest BCUT2D eigenvalue weighted by molar-refractivity contribution is 7.47. The molecule has 88 heavy (non-hydrogen) atoms. The van der Waals surface area contributed by atoms with Crippen LogP contribution in [0.3, 0.4) is 0 Å². The van der Waals surface area contributed by atoms with Gasteiger partial charge < -0.3 is 19.8 Å². The number of likely N-dealkylation sites (N-methyl/N-ethyl adjacent to an activating group) is 1. The third-order valence-corrected chi connectivity index (χ3v) is 17.5. The number of rotatable bonds is 68. The van der Waals surface area contributed by atoms with Gasteiger partial charge >= 0.3 is 7.82 Å². The van der Waals surface area contributed by atoms with E-state index in [1.807, 2.05) is 21.1 Å². The van der Waals surface area contributed by atoms with Crippen LogP contribution < -0.4 is 5.32 Å². The summed E-state index contributed by atoms with van der Waals surface area (Å²) >= 11 is 0. The number of allylic oxidation sites excluding steroid dienone is 18. The van der Waals surface area contributed by atoms with E-state index in [-0.39, 0.29) is 19.1 Å². The molecule has 0 spiro atoms. The zero-order chi connectivity index (χ0) is 64.1. The van der Waals surface area contributed by atoms with Crippen molar-refractivity contribution in [2.45, 2.75) is 347 Å². The van der Waals surface area contributed by atoms with Gasteiger partial charge in [-0.05, 0) is 83.5 Å². The number of amides is 1. The molecule has 0 heterocycles. The van der Waals surface area contributed by atoms with Crippen molar-refractivity contribution in [1.29, 1.82) is 0 Å². The topological polar surface area (TPSA) is 105 Å². The monoisotopic (exact) mass is 1250 g/mol. The van der Waals surface area contributed by atoms with Crippen LogP contribution in [0.15, 0.2) is 109 Å². The van der Waals surface area contributed by atoms with Crippen LogP contribution in [0.4, 0.5) is 0 Å². The van der Waals surface area contributed by atoms with Crippen LogP contribution in [0.1, 0.15) is 335 Å². The van der Waals surface area contributed by atoms with Crippen molar-refractivity contribution in [3.8, 4) is 0 Å². The molecule has 3 N–H and O–H groups in total. The first-order valence-electron chi connectivity index (χ1n) is 37.3. The second kappa shape index (κ2) is 68.5. The predicted molar refractivity (Wildman–Crippen MR) is 387 cm³/mol. The smallest absolute Gasteiger partial charge is 0.391 e. The van der Waals surface area contributed by atoms with Gasteiger partial charge in [0, 0.05) is 6.42 Å². The maximum absolute atomic E-state index is 13.1. The number of aliphatic hydroxyl groups is 1. The summed E-state index contributed by atoms with van der Waals surface area (Å²) in [6.07, 6.45) is 101. The number of carbonyl (C=O) groups is 1. The quantitative estimate of drug-likeness (QED) is 0.0243. The molecular formula is C79H144N2O6P+. The number of hydrogen-bond donors (Lipinski definition) is 3. The summed E-state index contributed by atoms with van der Waals surface area (Å²) in [5.41, 5.74) is 0. The average Bonchev–Trinajstić information content (AvgIpc) is 3.71. The molecule has 0 saturated heterocycles. The first kappa shape index (κ1) is 85.2. The largest absolute Gasteiger partial charge is 0.472 e. The van der Waals surface area contributed by atoms with Crippen molar-refractivity contribution in [2.24, 2.45) is 0 Å². The minimum atomic E-state index is -4.34. The SMILES string of the molecule is CC/C=C\C/C=C\C/C=C\C/C=C\C/C=C\C/C=C\C/C=C\C/C=C\C/C=C\CCCCCCCCCCCCCCCC(=O)NC(COP(=O)(O)OCC[N+](C)(C)C)C(O)CCCCCCCCCCCCCCCCCCCCCCCCCCC. The van der Waals surface area contributed by atoms with Gasteiger partial charge in [0.1, 0.15) is 13.2 Å². The molecule has 0 aromatic heterocycles. The zero-order valence-electron chi connectivity index (χ0n) is 58.4. The molecule has 0 aliphatic rings. The fraction of sp³-hybridized carbons (Fsp3) is 0.759. The Labute approximate surface area is 546 Å². The van der Waals surface area contributed by atoms with E-state index >= 15 is 0 Å².